The van der Waals surface area contributed by atoms with Crippen molar-refractivity contribution in [3.05, 3.63) is 120 Å². The standard InChI is InChI=1S/C28H24BrO3PS/c1-2-32-27(30)28(34(31)26-20-18-22(29)19-21-26)33(23-12-6-3-7-13-23,24-14-8-4-9-15-24)25-16-10-5-11-17-25/h3-21H,2H2,1H3. The summed E-state index contributed by atoms with van der Waals surface area (Å²) in [5.74, 6) is -0.534. The first kappa shape index (κ1) is 24.4. The van der Waals surface area contributed by atoms with Crippen molar-refractivity contribution >= 4 is 60.1 Å². The molecule has 0 bridgehead atoms. The molecule has 0 heterocycles. The minimum atomic E-state index is -2.85. The number of benzene rings is 4. The fraction of sp³-hybridized carbons (Fsp3) is 0.0714. The number of hydrogen-bond acceptors (Lipinski definition) is 3. The van der Waals surface area contributed by atoms with Gasteiger partial charge in [0.2, 0.25) is 0 Å². The molecule has 0 aliphatic carbocycles. The Balaban J connectivity index is 2.24. The summed E-state index contributed by atoms with van der Waals surface area (Å²) in [6.45, 7) is -0.890. The molecule has 0 aliphatic rings. The first-order valence-electron chi connectivity index (χ1n) is 10.9. The molecule has 0 N–H and O–H groups in total. The molecule has 0 amide bonds. The highest BCUT2D eigenvalue weighted by atomic mass is 79.9. The van der Waals surface area contributed by atoms with Gasteiger partial charge in [0, 0.05) is 16.3 Å². The Morgan fingerprint density at radius 1 is 0.735 bits per heavy atom. The highest BCUT2D eigenvalue weighted by Gasteiger charge is 2.37. The predicted octanol–water partition coefficient (Wildman–Crippen LogP) is 5.24. The normalized spacial score (nSPS) is 12.1. The summed E-state index contributed by atoms with van der Waals surface area (Å²) in [4.78, 5) is 14.3. The minimum Gasteiger partial charge on any atom is -0.462 e. The third-order valence-corrected chi connectivity index (χ3v) is 12.5. The number of carbonyl (C=O) groups is 1. The summed E-state index contributed by atoms with van der Waals surface area (Å²) in [5, 5.41) is 2.84. The van der Waals surface area contributed by atoms with E-state index in [1.807, 2.05) is 103 Å². The van der Waals surface area contributed by atoms with Crippen molar-refractivity contribution in [2.45, 2.75) is 11.8 Å². The number of carbonyl (C=O) groups excluding carboxylic acids is 1. The maximum atomic E-state index is 14.3. The Bertz CT molecular complexity index is 1240. The van der Waals surface area contributed by atoms with Gasteiger partial charge in [0.1, 0.15) is 4.63 Å². The van der Waals surface area contributed by atoms with Gasteiger partial charge in [-0.25, -0.2) is 9.00 Å². The molecule has 172 valence electrons. The number of ether oxygens (including phenoxy) is 1. The van der Waals surface area contributed by atoms with Crippen LogP contribution in [0.1, 0.15) is 6.92 Å². The molecule has 0 saturated carbocycles. The Labute approximate surface area is 211 Å². The Kier molecular flexibility index (Phi) is 7.99. The van der Waals surface area contributed by atoms with Crippen molar-refractivity contribution in [2.75, 3.05) is 6.61 Å². The van der Waals surface area contributed by atoms with Crippen LogP contribution >= 0.6 is 22.8 Å². The van der Waals surface area contributed by atoms with Crippen molar-refractivity contribution in [1.29, 1.82) is 0 Å². The number of hydrogen-bond donors (Lipinski definition) is 0. The van der Waals surface area contributed by atoms with E-state index in [4.69, 9.17) is 4.74 Å². The van der Waals surface area contributed by atoms with E-state index in [1.165, 1.54) is 0 Å². The van der Waals surface area contributed by atoms with Gasteiger partial charge in [-0.05, 0) is 47.1 Å². The molecule has 0 saturated heterocycles. The maximum absolute atomic E-state index is 14.3. The van der Waals surface area contributed by atoms with Crippen molar-refractivity contribution in [3.63, 3.8) is 0 Å². The largest absolute Gasteiger partial charge is 0.462 e. The van der Waals surface area contributed by atoms with Gasteiger partial charge in [-0.1, -0.05) is 107 Å². The van der Waals surface area contributed by atoms with Gasteiger partial charge in [0.25, 0.3) is 0 Å². The van der Waals surface area contributed by atoms with E-state index in [9.17, 15) is 9.00 Å². The zero-order chi connectivity index (χ0) is 24.0. The van der Waals surface area contributed by atoms with Crippen LogP contribution in [0, 0.1) is 0 Å². The third kappa shape index (κ3) is 4.74. The molecular weight excluding hydrogens is 527 g/mol. The molecule has 0 fully saturated rings. The third-order valence-electron chi connectivity index (χ3n) is 5.39. The van der Waals surface area contributed by atoms with E-state index in [0.717, 1.165) is 20.4 Å². The molecule has 1 unspecified atom stereocenters. The van der Waals surface area contributed by atoms with Crippen LogP contribution in [0.4, 0.5) is 0 Å². The fourth-order valence-corrected chi connectivity index (χ4v) is 11.1. The lowest BCUT2D eigenvalue weighted by molar-refractivity contribution is -0.134. The summed E-state index contributed by atoms with van der Waals surface area (Å²) in [7, 11) is -1.76. The van der Waals surface area contributed by atoms with Crippen molar-refractivity contribution < 1.29 is 13.7 Å². The predicted molar refractivity (Wildman–Crippen MR) is 147 cm³/mol. The number of halogens is 1. The second kappa shape index (κ2) is 11.1. The average Bonchev–Trinajstić information content (AvgIpc) is 2.89. The number of esters is 1. The van der Waals surface area contributed by atoms with Gasteiger partial charge < -0.3 is 4.74 Å². The minimum absolute atomic E-state index is 0.193. The van der Waals surface area contributed by atoms with Gasteiger partial charge >= 0.3 is 5.97 Å². The molecule has 4 aromatic carbocycles. The van der Waals surface area contributed by atoms with Crippen LogP contribution in [0.15, 0.2) is 125 Å². The zero-order valence-electron chi connectivity index (χ0n) is 18.6. The smallest absolute Gasteiger partial charge is 0.348 e. The first-order chi connectivity index (χ1) is 16.6. The molecule has 3 nitrogen and oxygen atoms in total. The van der Waals surface area contributed by atoms with Crippen molar-refractivity contribution in [3.8, 4) is 0 Å². The van der Waals surface area contributed by atoms with Crippen LogP contribution in [-0.4, -0.2) is 21.4 Å². The fourth-order valence-electron chi connectivity index (χ4n) is 3.95. The molecule has 0 aliphatic heterocycles. The summed E-state index contributed by atoms with van der Waals surface area (Å²) in [6.07, 6.45) is 0. The average molecular weight is 551 g/mol. The number of rotatable bonds is 7. The van der Waals surface area contributed by atoms with Crippen LogP contribution in [-0.2, 0) is 20.3 Å². The second-order valence-electron chi connectivity index (χ2n) is 7.43. The van der Waals surface area contributed by atoms with Gasteiger partial charge in [0.15, 0.2) is 0 Å². The Hall–Kier alpha value is -2.72. The van der Waals surface area contributed by atoms with Crippen LogP contribution in [0.25, 0.3) is 0 Å². The summed E-state index contributed by atoms with van der Waals surface area (Å²) in [5.41, 5.74) is 0. The Morgan fingerprint density at radius 3 is 1.53 bits per heavy atom. The van der Waals surface area contributed by atoms with E-state index in [-0.39, 0.29) is 11.2 Å². The lowest BCUT2D eigenvalue weighted by Crippen LogP contribution is -2.36. The Morgan fingerprint density at radius 2 is 1.15 bits per heavy atom. The highest BCUT2D eigenvalue weighted by Crippen LogP contribution is 2.47. The molecule has 0 spiro atoms. The topological polar surface area (TPSA) is 43.4 Å². The first-order valence-corrected chi connectivity index (χ1v) is 14.6. The summed E-state index contributed by atoms with van der Waals surface area (Å²) in [6, 6.07) is 37.0. The van der Waals surface area contributed by atoms with Crippen molar-refractivity contribution in [1.82, 2.24) is 0 Å². The van der Waals surface area contributed by atoms with E-state index in [0.29, 0.717) is 4.90 Å². The molecule has 34 heavy (non-hydrogen) atoms. The molecule has 0 radical (unpaired) electrons. The SMILES string of the molecule is CCOC(=O)C(S(=O)c1ccc(Br)cc1)=P(c1ccccc1)(c1ccccc1)c1ccccc1. The second-order valence-corrected chi connectivity index (χ2v) is 13.4. The van der Waals surface area contributed by atoms with Gasteiger partial charge in [-0.2, -0.15) is 0 Å². The maximum Gasteiger partial charge on any atom is 0.348 e. The van der Waals surface area contributed by atoms with Gasteiger partial charge in [-0.15, -0.1) is 0 Å². The lowest BCUT2D eigenvalue weighted by Gasteiger charge is -2.31. The highest BCUT2D eigenvalue weighted by molar-refractivity contribution is 9.10. The van der Waals surface area contributed by atoms with E-state index in [2.05, 4.69) is 15.9 Å². The molecule has 4 rings (SSSR count). The quantitative estimate of drug-likeness (QED) is 0.233. The van der Waals surface area contributed by atoms with E-state index in [1.54, 1.807) is 19.1 Å². The van der Waals surface area contributed by atoms with E-state index < -0.39 is 23.7 Å². The zero-order valence-corrected chi connectivity index (χ0v) is 21.9. The lowest BCUT2D eigenvalue weighted by atomic mass is 10.4. The van der Waals surface area contributed by atoms with Crippen molar-refractivity contribution in [2.24, 2.45) is 0 Å². The van der Waals surface area contributed by atoms with Gasteiger partial charge in [0.05, 0.1) is 17.4 Å². The monoisotopic (exact) mass is 550 g/mol. The van der Waals surface area contributed by atoms with Crippen LogP contribution in [0.2, 0.25) is 0 Å². The molecule has 0 aromatic heterocycles. The van der Waals surface area contributed by atoms with Crippen LogP contribution in [0.5, 0.6) is 0 Å². The summed E-state index contributed by atoms with van der Waals surface area (Å²) >= 11 is 3.44. The van der Waals surface area contributed by atoms with Crippen LogP contribution < -0.4 is 15.9 Å². The molecule has 1 atom stereocenters. The molecular formula is C28H24BrO3PS. The summed E-state index contributed by atoms with van der Waals surface area (Å²) < 4.78 is 21.1. The van der Waals surface area contributed by atoms with E-state index >= 15 is 0 Å². The van der Waals surface area contributed by atoms with Crippen LogP contribution in [0.3, 0.4) is 0 Å². The molecule has 6 heteroatoms. The van der Waals surface area contributed by atoms with Gasteiger partial charge in [-0.3, -0.25) is 0 Å². The molecule has 4 aromatic rings.